The number of nitrogens with one attached hydrogen (secondary N) is 2. The highest BCUT2D eigenvalue weighted by Crippen LogP contribution is 2.40. The van der Waals surface area contributed by atoms with Crippen molar-refractivity contribution >= 4 is 107 Å². The second-order valence-corrected chi connectivity index (χ2v) is 29.7. The maximum atomic E-state index is 13.1. The van der Waals surface area contributed by atoms with Crippen LogP contribution < -0.4 is 9.44 Å². The molecule has 0 unspecified atom stereocenters. The van der Waals surface area contributed by atoms with Crippen LogP contribution >= 0.6 is 0 Å². The number of carboxylic acid groups (broad SMARTS) is 3. The monoisotopic (exact) mass is 1650 g/mol. The average molecular weight is 1650 g/mol. The highest BCUT2D eigenvalue weighted by Gasteiger charge is 2.62. The van der Waals surface area contributed by atoms with Gasteiger partial charge in [0.15, 0.2) is 74.4 Å². The van der Waals surface area contributed by atoms with Gasteiger partial charge in [-0.05, 0) is 0 Å². The lowest BCUT2D eigenvalue weighted by Gasteiger charge is -2.50. The van der Waals surface area contributed by atoms with E-state index in [2.05, 4.69) is 25.1 Å². The standard InChI is InChI=1S/C36H56N2O55S8/c39-1-5-11(40)18(6(80-5)2-77-96(59,60)61)83-35-25(92-100(71,72)73)16(45)21(27(89-35)30(49)50)86-33-10(38-95(56,57)58)13(42)20(8(82-33)4-79-98(65,66)67)85-36-26(93-101(74,75)76)17(46)22(28(90-36)31(51)52)87-32-9(37-94(53,54)55)12(41)19(7(81-32)3-78-97(62,63)64)84-34-24(91-99(68,69)70)15(44)14(43)23(88-34)29(47)48/h1,5-28,32-38,40-46H,2-4H2,(H,47,48)(H,49,50)(H,51,52)(H,53,54,55)(H,56,57,58)(H,59,60,61)(H,62,63,64)(H,65,66,67)(H,68,69,70)(H,71,72,73)(H,74,75,76)/t5-,6-,7-,8-,9-,10-,11-,12-,13-,14+,15+,16+,17+,18-,19-,20-,21+,22+,23-,24-,25-,26-,27-,28-,32-,33-,34-,35-,36-/m1/s1. The molecule has 6 rings (SSSR count). The molecule has 101 heavy (non-hydrogen) atoms. The molecule has 20 N–H and O–H groups in total. The summed E-state index contributed by atoms with van der Waals surface area (Å²) in [6.07, 6.45) is -79.3. The topological polar surface area (TPSA) is 887 Å². The normalized spacial score (nSPS) is 39.7. The molecule has 0 saturated carbocycles. The van der Waals surface area contributed by atoms with Gasteiger partial charge in [-0.3, -0.25) is 36.4 Å². The van der Waals surface area contributed by atoms with Gasteiger partial charge in [-0.15, -0.1) is 0 Å². The Morgan fingerprint density at radius 2 is 0.604 bits per heavy atom. The summed E-state index contributed by atoms with van der Waals surface area (Å²) in [5, 5.41) is 109. The molecule has 588 valence electrons. The molecule has 0 aliphatic carbocycles. The Labute approximate surface area is 563 Å². The molecule has 0 bridgehead atoms. The van der Waals surface area contributed by atoms with Crippen LogP contribution in [0.25, 0.3) is 0 Å². The van der Waals surface area contributed by atoms with Crippen LogP contribution in [0.2, 0.25) is 0 Å². The Balaban J connectivity index is 1.40. The van der Waals surface area contributed by atoms with E-state index in [0.29, 0.717) is 0 Å². The van der Waals surface area contributed by atoms with Crippen LogP contribution in [0.5, 0.6) is 0 Å². The number of carbonyl (C=O) groups excluding carboxylic acids is 1. The summed E-state index contributed by atoms with van der Waals surface area (Å²) in [7, 11) is -47.4. The van der Waals surface area contributed by atoms with Gasteiger partial charge in [0.05, 0.1) is 19.8 Å². The zero-order chi connectivity index (χ0) is 76.7. The number of aldehydes is 1. The van der Waals surface area contributed by atoms with Gasteiger partial charge in [-0.2, -0.15) is 76.8 Å². The van der Waals surface area contributed by atoms with E-state index < -0.39 is 299 Å². The minimum absolute atomic E-state index is 0.161. The minimum Gasteiger partial charge on any atom is -0.479 e. The molecule has 0 radical (unpaired) electrons. The van der Waals surface area contributed by atoms with Crippen LogP contribution in [0.15, 0.2) is 0 Å². The Hall–Kier alpha value is -3.68. The van der Waals surface area contributed by atoms with Crippen molar-refractivity contribution < 1.29 is 251 Å². The van der Waals surface area contributed by atoms with Crippen LogP contribution in [0, 0.1) is 0 Å². The lowest BCUT2D eigenvalue weighted by Crippen LogP contribution is -2.71. The summed E-state index contributed by atoms with van der Waals surface area (Å²) < 4.78 is 356. The molecule has 0 spiro atoms. The highest BCUT2D eigenvalue weighted by molar-refractivity contribution is 7.84. The zero-order valence-corrected chi connectivity index (χ0v) is 54.9. The number of hydrogen-bond acceptors (Lipinski definition) is 44. The lowest BCUT2D eigenvalue weighted by atomic mass is 9.94. The van der Waals surface area contributed by atoms with Gasteiger partial charge in [-0.1, -0.05) is 0 Å². The van der Waals surface area contributed by atoms with Crippen molar-refractivity contribution in [3.05, 3.63) is 0 Å². The molecule has 6 fully saturated rings. The van der Waals surface area contributed by atoms with E-state index in [9.17, 15) is 169 Å². The Bertz CT molecular complexity index is 3900. The van der Waals surface area contributed by atoms with Crippen molar-refractivity contribution in [2.24, 2.45) is 0 Å². The number of hydrogen-bond donors (Lipinski definition) is 20. The summed E-state index contributed by atoms with van der Waals surface area (Å²) in [6.45, 7) is -5.27. The molecule has 0 aromatic heterocycles. The second kappa shape index (κ2) is 32.8. The largest absolute Gasteiger partial charge is 0.479 e. The molecule has 6 aliphatic heterocycles. The van der Waals surface area contributed by atoms with Gasteiger partial charge in [-0.25, -0.2) is 39.5 Å². The Morgan fingerprint density at radius 1 is 0.327 bits per heavy atom. The number of carbonyl (C=O) groups is 4. The summed E-state index contributed by atoms with van der Waals surface area (Å²) in [4.78, 5) is 49.6. The van der Waals surface area contributed by atoms with E-state index in [-0.39, 0.29) is 6.29 Å². The fraction of sp³-hybridized carbons (Fsp3) is 0.889. The van der Waals surface area contributed by atoms with Gasteiger partial charge in [0, 0.05) is 0 Å². The molecule has 57 nitrogen and oxygen atoms in total. The van der Waals surface area contributed by atoms with Gasteiger partial charge in [0.2, 0.25) is 0 Å². The van der Waals surface area contributed by atoms with Gasteiger partial charge >= 0.3 is 101 Å². The van der Waals surface area contributed by atoms with Gasteiger partial charge in [0.1, 0.15) is 110 Å². The zero-order valence-electron chi connectivity index (χ0n) is 48.4. The van der Waals surface area contributed by atoms with E-state index in [1.165, 1.54) is 0 Å². The van der Waals surface area contributed by atoms with Crippen molar-refractivity contribution in [2.45, 2.75) is 178 Å². The Kier molecular flexibility index (Phi) is 28.0. The fourth-order valence-corrected chi connectivity index (χ4v) is 13.7. The lowest BCUT2D eigenvalue weighted by molar-refractivity contribution is -0.373. The van der Waals surface area contributed by atoms with Crippen LogP contribution in [-0.4, -0.2) is 377 Å². The first-order chi connectivity index (χ1) is 45.9. The fourth-order valence-electron chi connectivity index (χ4n) is 10.1. The molecule has 29 atom stereocenters. The first kappa shape index (κ1) is 86.2. The molecule has 0 aromatic carbocycles. The average Bonchev–Trinajstić information content (AvgIpc) is 0.911. The summed E-state index contributed by atoms with van der Waals surface area (Å²) >= 11 is 0. The number of carboxylic acids is 3. The molecular formula is C36H56N2O55S8. The van der Waals surface area contributed by atoms with Crippen LogP contribution in [0.4, 0.5) is 0 Å². The number of ether oxygens (including phenoxy) is 11. The van der Waals surface area contributed by atoms with Gasteiger partial charge in [0.25, 0.3) is 0 Å². The molecule has 6 saturated heterocycles. The molecule has 0 aromatic rings. The first-order valence-corrected chi connectivity index (χ1v) is 37.4. The minimum atomic E-state index is -6.31. The molecule has 0 amide bonds. The van der Waals surface area contributed by atoms with Crippen molar-refractivity contribution in [1.29, 1.82) is 0 Å². The van der Waals surface area contributed by atoms with E-state index in [4.69, 9.17) is 56.7 Å². The summed E-state index contributed by atoms with van der Waals surface area (Å²) in [5.74, 6) is -7.24. The third kappa shape index (κ3) is 23.9. The molecule has 6 heterocycles. The van der Waals surface area contributed by atoms with Crippen LogP contribution in [-0.2, 0) is 179 Å². The highest BCUT2D eigenvalue weighted by atomic mass is 32.3. The second-order valence-electron chi connectivity index (χ2n) is 20.9. The van der Waals surface area contributed by atoms with Crippen LogP contribution in [0.1, 0.15) is 0 Å². The Morgan fingerprint density at radius 3 is 0.881 bits per heavy atom. The third-order valence-electron chi connectivity index (χ3n) is 14.0. The molecular weight excluding hydrogens is 1600 g/mol. The number of rotatable bonds is 33. The van der Waals surface area contributed by atoms with E-state index in [1.807, 2.05) is 0 Å². The quantitative estimate of drug-likeness (QED) is 0.0214. The molecule has 65 heteroatoms. The smallest absolute Gasteiger partial charge is 0.397 e. The maximum absolute atomic E-state index is 13.1. The molecule has 6 aliphatic rings. The van der Waals surface area contributed by atoms with Crippen molar-refractivity contribution in [1.82, 2.24) is 9.44 Å². The summed E-state index contributed by atoms with van der Waals surface area (Å²) in [5.41, 5.74) is 0. The van der Waals surface area contributed by atoms with Crippen molar-refractivity contribution in [3.8, 4) is 0 Å². The van der Waals surface area contributed by atoms with E-state index in [1.54, 1.807) is 0 Å². The maximum Gasteiger partial charge on any atom is 0.397 e. The van der Waals surface area contributed by atoms with Crippen molar-refractivity contribution in [3.63, 3.8) is 0 Å². The first-order valence-electron chi connectivity index (χ1n) is 26.3. The third-order valence-corrected chi connectivity index (χ3v) is 17.9. The summed E-state index contributed by atoms with van der Waals surface area (Å²) in [6, 6.07) is -6.11. The van der Waals surface area contributed by atoms with Crippen LogP contribution in [0.3, 0.4) is 0 Å². The number of aliphatic hydroxyl groups excluding tert-OH is 7. The van der Waals surface area contributed by atoms with E-state index in [0.717, 1.165) is 9.44 Å². The van der Waals surface area contributed by atoms with E-state index >= 15 is 0 Å². The predicted octanol–water partition coefficient (Wildman–Crippen LogP) is -15.2. The number of aliphatic hydroxyl groups is 7. The SMILES string of the molecule is O=C[C@H]1O[C@H](COS(=O)(=O)O)[C@@H](O[C@@H]2O[C@@H](C(=O)O)[C@@H](O[C@H]3O[C@H](COS(=O)(=O)O)[C@@H](O[C@@H]4O[C@@H](C(=O)O)[C@@H](O[C@H]5O[C@H](COS(=O)(=O)O)[C@@H](O[C@@H]6O[C@@H](C(=O)O)[C@@H](O)[C@H](O)[C@H]6OS(=O)(=O)O)[C@H](O)[C@H]5NS(=O)(=O)O)[C@H](O)[C@H]4OS(=O)(=O)O)[C@H](O)[C@H]3NS(=O)(=O)O)[C@H](O)[C@H]2OS(=O)(=O)O)[C@@H]1O. The van der Waals surface area contributed by atoms with Gasteiger partial charge < -0.3 is 108 Å². The predicted molar refractivity (Wildman–Crippen MR) is 286 cm³/mol. The number of aliphatic carboxylic acids is 3. The van der Waals surface area contributed by atoms with Crippen molar-refractivity contribution in [2.75, 3.05) is 19.8 Å².